The number of benzene rings is 1. The molecule has 182 valence electrons. The average Bonchev–Trinajstić information content (AvgIpc) is 3.42. The third kappa shape index (κ3) is 5.94. The van der Waals surface area contributed by atoms with Gasteiger partial charge in [0.2, 0.25) is 5.91 Å². The molecule has 0 fully saturated rings. The normalized spacial score (nSPS) is 12.9. The van der Waals surface area contributed by atoms with Crippen LogP contribution >= 0.6 is 0 Å². The lowest BCUT2D eigenvalue weighted by atomic mass is 10.0. The number of esters is 1. The van der Waals surface area contributed by atoms with Crippen LogP contribution in [0.1, 0.15) is 36.5 Å². The molecule has 0 unspecified atom stereocenters. The topological polar surface area (TPSA) is 127 Å². The van der Waals surface area contributed by atoms with Crippen LogP contribution in [0.3, 0.4) is 0 Å². The number of methoxy groups -OCH3 is 2. The van der Waals surface area contributed by atoms with Crippen LogP contribution in [-0.2, 0) is 27.8 Å². The number of imidazole rings is 1. The molecule has 0 radical (unpaired) electrons. The van der Waals surface area contributed by atoms with Gasteiger partial charge in [0.1, 0.15) is 23.5 Å². The fourth-order valence-electron chi connectivity index (χ4n) is 3.76. The van der Waals surface area contributed by atoms with Crippen LogP contribution in [0, 0.1) is 5.92 Å². The summed E-state index contributed by atoms with van der Waals surface area (Å²) in [4.78, 5) is 45.8. The van der Waals surface area contributed by atoms with Crippen molar-refractivity contribution in [1.82, 2.24) is 25.2 Å². The molecular weight excluding hydrogens is 438 g/mol. The molecule has 0 aliphatic rings. The van der Waals surface area contributed by atoms with E-state index in [1.807, 2.05) is 33.0 Å². The van der Waals surface area contributed by atoms with E-state index >= 15 is 0 Å². The number of carbonyl (C=O) groups is 3. The predicted molar refractivity (Wildman–Crippen MR) is 126 cm³/mol. The number of ether oxygens (including phenoxy) is 2. The molecule has 0 aliphatic carbocycles. The van der Waals surface area contributed by atoms with Crippen molar-refractivity contribution >= 4 is 28.7 Å². The highest BCUT2D eigenvalue weighted by atomic mass is 16.5. The fraction of sp³-hybridized carbons (Fsp3) is 0.417. The van der Waals surface area contributed by atoms with Gasteiger partial charge in [-0.3, -0.25) is 9.59 Å². The molecule has 2 atom stereocenters. The maximum absolute atomic E-state index is 13.2. The number of carbonyl (C=O) groups excluding carboxylic acids is 3. The van der Waals surface area contributed by atoms with Gasteiger partial charge in [0.25, 0.3) is 5.91 Å². The van der Waals surface area contributed by atoms with E-state index in [2.05, 4.69) is 20.6 Å². The first-order valence-electron chi connectivity index (χ1n) is 11.0. The Morgan fingerprint density at radius 3 is 2.53 bits per heavy atom. The fourth-order valence-corrected chi connectivity index (χ4v) is 3.76. The van der Waals surface area contributed by atoms with Gasteiger partial charge in [-0.2, -0.15) is 0 Å². The number of H-pyrrole nitrogens is 1. The zero-order valence-corrected chi connectivity index (χ0v) is 20.0. The highest BCUT2D eigenvalue weighted by molar-refractivity contribution is 6.01. The zero-order chi connectivity index (χ0) is 24.8. The number of aryl methyl sites for hydroxylation is 1. The first kappa shape index (κ1) is 24.8. The summed E-state index contributed by atoms with van der Waals surface area (Å²) in [5.41, 5.74) is 1.68. The number of rotatable bonds is 10. The standard InChI is InChI=1S/C24H31N5O5/c1-14(2)9-18(22(30)28-20(24(32)34-5)10-15-12-29(3)13-25-15)27-23(31)19-11-16-17(26-19)7-6-8-21(16)33-4/h6-8,11-14,18,20,26H,9-10H2,1-5H3,(H,27,31)(H,28,30)/t18-,20-/m0/s1. The maximum atomic E-state index is 13.2. The van der Waals surface area contributed by atoms with Gasteiger partial charge in [0.15, 0.2) is 0 Å². The van der Waals surface area contributed by atoms with Crippen molar-refractivity contribution in [2.75, 3.05) is 14.2 Å². The number of amides is 2. The SMILES string of the molecule is COC(=O)[C@H](Cc1cn(C)cn1)NC(=O)[C@H](CC(C)C)NC(=O)c1cc2c(OC)cccc2[nH]1. The van der Waals surface area contributed by atoms with Crippen molar-refractivity contribution in [2.24, 2.45) is 13.0 Å². The van der Waals surface area contributed by atoms with Crippen LogP contribution in [0.2, 0.25) is 0 Å². The van der Waals surface area contributed by atoms with Gasteiger partial charge >= 0.3 is 5.97 Å². The lowest BCUT2D eigenvalue weighted by Gasteiger charge is -2.23. The molecule has 1 aromatic carbocycles. The third-order valence-electron chi connectivity index (χ3n) is 5.39. The van der Waals surface area contributed by atoms with E-state index in [0.29, 0.717) is 23.6 Å². The average molecular weight is 470 g/mol. The number of nitrogens with one attached hydrogen (secondary N) is 3. The third-order valence-corrected chi connectivity index (χ3v) is 5.39. The smallest absolute Gasteiger partial charge is 0.328 e. The number of nitrogens with zero attached hydrogens (tertiary/aromatic N) is 2. The summed E-state index contributed by atoms with van der Waals surface area (Å²) in [5.74, 6) is -0.734. The summed E-state index contributed by atoms with van der Waals surface area (Å²) >= 11 is 0. The summed E-state index contributed by atoms with van der Waals surface area (Å²) in [6.07, 6.45) is 3.93. The van der Waals surface area contributed by atoms with Crippen LogP contribution in [0.25, 0.3) is 10.9 Å². The molecule has 3 rings (SSSR count). The van der Waals surface area contributed by atoms with Gasteiger partial charge in [-0.15, -0.1) is 0 Å². The van der Waals surface area contributed by atoms with Gasteiger partial charge in [-0.05, 0) is 30.5 Å². The van der Waals surface area contributed by atoms with Crippen LogP contribution in [0.5, 0.6) is 5.75 Å². The summed E-state index contributed by atoms with van der Waals surface area (Å²) in [6, 6.07) is 5.37. The van der Waals surface area contributed by atoms with Gasteiger partial charge in [0, 0.05) is 30.6 Å². The molecule has 0 saturated heterocycles. The lowest BCUT2D eigenvalue weighted by Crippen LogP contribution is -2.53. The van der Waals surface area contributed by atoms with E-state index in [0.717, 1.165) is 10.9 Å². The van der Waals surface area contributed by atoms with E-state index in [4.69, 9.17) is 9.47 Å². The van der Waals surface area contributed by atoms with Crippen molar-refractivity contribution in [3.63, 3.8) is 0 Å². The Labute approximate surface area is 198 Å². The Kier molecular flexibility index (Phi) is 7.93. The Bertz CT molecular complexity index is 1170. The van der Waals surface area contributed by atoms with Crippen molar-refractivity contribution < 1.29 is 23.9 Å². The minimum atomic E-state index is -0.934. The highest BCUT2D eigenvalue weighted by Crippen LogP contribution is 2.26. The second-order valence-corrected chi connectivity index (χ2v) is 8.58. The molecule has 0 bridgehead atoms. The summed E-state index contributed by atoms with van der Waals surface area (Å²) < 4.78 is 12.0. The Balaban J connectivity index is 1.77. The van der Waals surface area contributed by atoms with Crippen LogP contribution in [-0.4, -0.2) is 58.6 Å². The summed E-state index contributed by atoms with van der Waals surface area (Å²) in [7, 11) is 4.64. The molecular formula is C24H31N5O5. The largest absolute Gasteiger partial charge is 0.496 e. The lowest BCUT2D eigenvalue weighted by molar-refractivity contribution is -0.145. The van der Waals surface area contributed by atoms with Crippen molar-refractivity contribution in [2.45, 2.75) is 38.8 Å². The molecule has 3 N–H and O–H groups in total. The number of hydrogen-bond acceptors (Lipinski definition) is 6. The van der Waals surface area contributed by atoms with Crippen LogP contribution in [0.4, 0.5) is 0 Å². The minimum absolute atomic E-state index is 0.117. The second kappa shape index (κ2) is 10.9. The predicted octanol–water partition coefficient (Wildman–Crippen LogP) is 1.95. The molecule has 2 amide bonds. The number of fused-ring (bicyclic) bond motifs is 1. The molecule has 0 aliphatic heterocycles. The molecule has 2 aromatic heterocycles. The molecule has 0 saturated carbocycles. The van der Waals surface area contributed by atoms with Gasteiger partial charge in [-0.25, -0.2) is 9.78 Å². The van der Waals surface area contributed by atoms with Crippen LogP contribution < -0.4 is 15.4 Å². The molecule has 0 spiro atoms. The van der Waals surface area contributed by atoms with Crippen molar-refractivity contribution in [1.29, 1.82) is 0 Å². The Morgan fingerprint density at radius 2 is 1.91 bits per heavy atom. The minimum Gasteiger partial charge on any atom is -0.496 e. The molecule has 34 heavy (non-hydrogen) atoms. The number of aromatic nitrogens is 3. The van der Waals surface area contributed by atoms with Gasteiger partial charge < -0.3 is 29.7 Å². The summed E-state index contributed by atoms with van der Waals surface area (Å²) in [5, 5.41) is 6.29. The molecule has 3 aromatic rings. The van der Waals surface area contributed by atoms with Crippen molar-refractivity contribution in [3.05, 3.63) is 48.2 Å². The van der Waals surface area contributed by atoms with E-state index < -0.39 is 29.9 Å². The van der Waals surface area contributed by atoms with Crippen molar-refractivity contribution in [3.8, 4) is 5.75 Å². The van der Waals surface area contributed by atoms with E-state index in [-0.39, 0.29) is 12.3 Å². The second-order valence-electron chi connectivity index (χ2n) is 8.58. The quantitative estimate of drug-likeness (QED) is 0.390. The van der Waals surface area contributed by atoms with E-state index in [9.17, 15) is 14.4 Å². The Hall–Kier alpha value is -3.82. The van der Waals surface area contributed by atoms with Gasteiger partial charge in [-0.1, -0.05) is 19.9 Å². The monoisotopic (exact) mass is 469 g/mol. The number of hydrogen-bond donors (Lipinski definition) is 3. The van der Waals surface area contributed by atoms with Gasteiger partial charge in [0.05, 0.1) is 26.2 Å². The summed E-state index contributed by atoms with van der Waals surface area (Å²) in [6.45, 7) is 3.90. The molecule has 10 nitrogen and oxygen atoms in total. The van der Waals surface area contributed by atoms with Crippen LogP contribution in [0.15, 0.2) is 36.8 Å². The molecule has 2 heterocycles. The van der Waals surface area contributed by atoms with E-state index in [1.165, 1.54) is 7.11 Å². The Morgan fingerprint density at radius 1 is 1.15 bits per heavy atom. The van der Waals surface area contributed by atoms with E-state index in [1.54, 1.807) is 36.3 Å². The highest BCUT2D eigenvalue weighted by Gasteiger charge is 2.29. The molecule has 10 heteroatoms. The maximum Gasteiger partial charge on any atom is 0.328 e. The first-order valence-corrected chi connectivity index (χ1v) is 11.0. The zero-order valence-electron chi connectivity index (χ0n) is 20.0. The first-order chi connectivity index (χ1) is 16.2. The number of aromatic amines is 1.